The van der Waals surface area contributed by atoms with Crippen molar-refractivity contribution in [3.63, 3.8) is 0 Å². The summed E-state index contributed by atoms with van der Waals surface area (Å²) >= 11 is 0. The zero-order chi connectivity index (χ0) is 11.0. The highest BCUT2D eigenvalue weighted by Crippen LogP contribution is 2.00. The molecule has 0 aliphatic carbocycles. The lowest BCUT2D eigenvalue weighted by Crippen LogP contribution is -2.21. The van der Waals surface area contributed by atoms with Crippen LogP contribution in [0.25, 0.3) is 0 Å². The lowest BCUT2D eigenvalue weighted by Gasteiger charge is -2.08. The summed E-state index contributed by atoms with van der Waals surface area (Å²) in [6.45, 7) is 7.78. The average molecular weight is 199 g/mol. The Balaban J connectivity index is 3.74. The minimum atomic E-state index is -0.808. The molecule has 0 spiro atoms. The Morgan fingerprint density at radius 1 is 1.50 bits per heavy atom. The van der Waals surface area contributed by atoms with Crippen LogP contribution in [-0.2, 0) is 4.79 Å². The molecule has 14 heavy (non-hydrogen) atoms. The van der Waals surface area contributed by atoms with Gasteiger partial charge in [0, 0.05) is 12.1 Å². The van der Waals surface area contributed by atoms with Gasteiger partial charge in [0.05, 0.1) is 0 Å². The summed E-state index contributed by atoms with van der Waals surface area (Å²) in [4.78, 5) is 10.6. The smallest absolute Gasteiger partial charge is 0.331 e. The lowest BCUT2D eigenvalue weighted by molar-refractivity contribution is -0.132. The van der Waals surface area contributed by atoms with Crippen molar-refractivity contribution in [2.24, 2.45) is 5.92 Å². The molecule has 0 aromatic heterocycles. The molecule has 0 radical (unpaired) electrons. The van der Waals surface area contributed by atoms with Crippen LogP contribution in [0.1, 0.15) is 33.6 Å². The predicted octanol–water partition coefficient (Wildman–Crippen LogP) is 2.04. The maximum absolute atomic E-state index is 10.6. The third kappa shape index (κ3) is 5.75. The van der Waals surface area contributed by atoms with Crippen LogP contribution >= 0.6 is 0 Å². The molecular weight excluding hydrogens is 178 g/mol. The van der Waals surface area contributed by atoms with Gasteiger partial charge in [-0.1, -0.05) is 33.3 Å². The van der Waals surface area contributed by atoms with Crippen LogP contribution in [0, 0.1) is 5.92 Å². The van der Waals surface area contributed by atoms with Gasteiger partial charge < -0.3 is 10.4 Å². The van der Waals surface area contributed by atoms with Crippen molar-refractivity contribution in [3.8, 4) is 0 Å². The highest BCUT2D eigenvalue weighted by molar-refractivity contribution is 5.86. The fraction of sp³-hybridized carbons (Fsp3) is 0.727. The van der Waals surface area contributed by atoms with E-state index in [4.69, 9.17) is 5.11 Å². The second-order valence-corrected chi connectivity index (χ2v) is 3.56. The van der Waals surface area contributed by atoms with E-state index in [1.165, 1.54) is 0 Å². The van der Waals surface area contributed by atoms with E-state index in [0.29, 0.717) is 24.5 Å². The van der Waals surface area contributed by atoms with Gasteiger partial charge in [0.1, 0.15) is 0 Å². The highest BCUT2D eigenvalue weighted by Gasteiger charge is 2.02. The first kappa shape index (κ1) is 13.2. The van der Waals surface area contributed by atoms with Crippen molar-refractivity contribution in [3.05, 3.63) is 11.6 Å². The Morgan fingerprint density at radius 2 is 2.14 bits per heavy atom. The molecular formula is C11H21NO2. The normalized spacial score (nSPS) is 14.1. The number of carboxylic acid groups (broad SMARTS) is 1. The molecule has 2 N–H and O–H groups in total. The van der Waals surface area contributed by atoms with Gasteiger partial charge in [-0.05, 0) is 18.9 Å². The van der Waals surface area contributed by atoms with Crippen LogP contribution in [0.3, 0.4) is 0 Å². The Hall–Kier alpha value is -0.830. The van der Waals surface area contributed by atoms with Crippen molar-refractivity contribution < 1.29 is 9.90 Å². The predicted molar refractivity (Wildman–Crippen MR) is 58.3 cm³/mol. The standard InChI is InChI=1S/C11H21NO2/c1-4-9(3)8-12-7-6-10(5-2)11(13)14/h6,9,12H,4-5,7-8H2,1-3H3,(H,13,14)/b10-6-. The van der Waals surface area contributed by atoms with E-state index in [2.05, 4.69) is 19.2 Å². The minimum absolute atomic E-state index is 0.488. The largest absolute Gasteiger partial charge is 0.478 e. The molecule has 0 amide bonds. The summed E-state index contributed by atoms with van der Waals surface area (Å²) in [7, 11) is 0. The molecule has 1 unspecified atom stereocenters. The summed E-state index contributed by atoms with van der Waals surface area (Å²) < 4.78 is 0. The molecule has 0 rings (SSSR count). The molecule has 0 saturated heterocycles. The monoisotopic (exact) mass is 199 g/mol. The maximum atomic E-state index is 10.6. The van der Waals surface area contributed by atoms with Crippen molar-refractivity contribution in [2.45, 2.75) is 33.6 Å². The van der Waals surface area contributed by atoms with Crippen LogP contribution in [0.4, 0.5) is 0 Å². The number of rotatable bonds is 7. The molecule has 3 heteroatoms. The van der Waals surface area contributed by atoms with Gasteiger partial charge in [0.15, 0.2) is 0 Å². The molecule has 0 aliphatic heterocycles. The molecule has 1 atom stereocenters. The van der Waals surface area contributed by atoms with Crippen LogP contribution in [0.15, 0.2) is 11.6 Å². The molecule has 0 heterocycles. The molecule has 0 saturated carbocycles. The fourth-order valence-corrected chi connectivity index (χ4v) is 1.05. The third-order valence-electron chi connectivity index (χ3n) is 2.34. The summed E-state index contributed by atoms with van der Waals surface area (Å²) in [6.07, 6.45) is 3.49. The summed E-state index contributed by atoms with van der Waals surface area (Å²) in [5, 5.41) is 11.9. The molecule has 3 nitrogen and oxygen atoms in total. The zero-order valence-corrected chi connectivity index (χ0v) is 9.34. The number of hydrogen-bond acceptors (Lipinski definition) is 2. The van der Waals surface area contributed by atoms with E-state index in [0.717, 1.165) is 13.0 Å². The first-order valence-electron chi connectivity index (χ1n) is 5.24. The van der Waals surface area contributed by atoms with E-state index < -0.39 is 5.97 Å². The summed E-state index contributed by atoms with van der Waals surface area (Å²) in [6, 6.07) is 0. The molecule has 0 aliphatic rings. The molecule has 0 aromatic carbocycles. The van der Waals surface area contributed by atoms with Gasteiger partial charge in [0.25, 0.3) is 0 Å². The Morgan fingerprint density at radius 3 is 2.57 bits per heavy atom. The fourth-order valence-electron chi connectivity index (χ4n) is 1.05. The second kappa shape index (κ2) is 7.56. The number of hydrogen-bond donors (Lipinski definition) is 2. The molecule has 0 fully saturated rings. The van der Waals surface area contributed by atoms with E-state index in [9.17, 15) is 4.79 Å². The van der Waals surface area contributed by atoms with E-state index >= 15 is 0 Å². The number of carboxylic acids is 1. The number of aliphatic carboxylic acids is 1. The first-order valence-corrected chi connectivity index (χ1v) is 5.24. The van der Waals surface area contributed by atoms with E-state index in [-0.39, 0.29) is 0 Å². The topological polar surface area (TPSA) is 49.3 Å². The van der Waals surface area contributed by atoms with Crippen molar-refractivity contribution in [1.29, 1.82) is 0 Å². The average Bonchev–Trinajstić information content (AvgIpc) is 2.16. The summed E-state index contributed by atoms with van der Waals surface area (Å²) in [5.41, 5.74) is 0.488. The minimum Gasteiger partial charge on any atom is -0.478 e. The van der Waals surface area contributed by atoms with E-state index in [1.807, 2.05) is 6.92 Å². The lowest BCUT2D eigenvalue weighted by atomic mass is 10.1. The first-order chi connectivity index (χ1) is 6.61. The van der Waals surface area contributed by atoms with Crippen LogP contribution in [0.5, 0.6) is 0 Å². The van der Waals surface area contributed by atoms with Crippen LogP contribution in [0.2, 0.25) is 0 Å². The third-order valence-corrected chi connectivity index (χ3v) is 2.34. The molecule has 82 valence electrons. The highest BCUT2D eigenvalue weighted by atomic mass is 16.4. The van der Waals surface area contributed by atoms with Crippen molar-refractivity contribution >= 4 is 5.97 Å². The number of carbonyl (C=O) groups is 1. The second-order valence-electron chi connectivity index (χ2n) is 3.56. The van der Waals surface area contributed by atoms with Crippen molar-refractivity contribution in [2.75, 3.05) is 13.1 Å². The van der Waals surface area contributed by atoms with E-state index in [1.54, 1.807) is 6.08 Å². The number of nitrogens with one attached hydrogen (secondary N) is 1. The Labute approximate surface area is 86.2 Å². The van der Waals surface area contributed by atoms with Gasteiger partial charge in [0.2, 0.25) is 0 Å². The van der Waals surface area contributed by atoms with Gasteiger partial charge in [-0.15, -0.1) is 0 Å². The summed E-state index contributed by atoms with van der Waals surface area (Å²) in [5.74, 6) is -0.156. The van der Waals surface area contributed by atoms with Crippen molar-refractivity contribution in [1.82, 2.24) is 5.32 Å². The molecule has 0 bridgehead atoms. The zero-order valence-electron chi connectivity index (χ0n) is 9.34. The Bertz CT molecular complexity index is 199. The SMILES string of the molecule is CC/C(=C/CNCC(C)CC)C(=O)O. The maximum Gasteiger partial charge on any atom is 0.331 e. The van der Waals surface area contributed by atoms with Crippen LogP contribution < -0.4 is 5.32 Å². The van der Waals surface area contributed by atoms with Crippen LogP contribution in [-0.4, -0.2) is 24.2 Å². The van der Waals surface area contributed by atoms with Gasteiger partial charge in [-0.25, -0.2) is 4.79 Å². The van der Waals surface area contributed by atoms with Gasteiger partial charge >= 0.3 is 5.97 Å². The van der Waals surface area contributed by atoms with Gasteiger partial charge in [-0.2, -0.15) is 0 Å². The quantitative estimate of drug-likeness (QED) is 0.487. The van der Waals surface area contributed by atoms with Gasteiger partial charge in [-0.3, -0.25) is 0 Å². The molecule has 0 aromatic rings. The Kier molecular flexibility index (Phi) is 7.11.